The van der Waals surface area contributed by atoms with Gasteiger partial charge in [0.15, 0.2) is 0 Å². The molecule has 0 aliphatic rings. The molecule has 0 amide bonds. The molecule has 4 heteroatoms. The smallest absolute Gasteiger partial charge is 0.336 e. The summed E-state index contributed by atoms with van der Waals surface area (Å²) in [4.78, 5) is 11.1. The van der Waals surface area contributed by atoms with Crippen LogP contribution in [0.5, 0.6) is 0 Å². The Morgan fingerprint density at radius 1 is 1.47 bits per heavy atom. The number of hydrogen-bond donors (Lipinski definition) is 1. The molecule has 1 N–H and O–H groups in total. The van der Waals surface area contributed by atoms with Gasteiger partial charge in [-0.1, -0.05) is 6.07 Å². The molecule has 2 aromatic rings. The van der Waals surface area contributed by atoms with Gasteiger partial charge in [-0.3, -0.25) is 0 Å². The summed E-state index contributed by atoms with van der Waals surface area (Å²) < 4.78 is 7.22. The van der Waals surface area contributed by atoms with E-state index >= 15 is 0 Å². The fourth-order valence-electron chi connectivity index (χ4n) is 1.92. The molecule has 0 fully saturated rings. The molecule has 1 aromatic heterocycles. The second-order valence-electron chi connectivity index (χ2n) is 4.06. The number of fused-ring (bicyclic) bond motifs is 1. The van der Waals surface area contributed by atoms with E-state index in [-0.39, 0.29) is 6.10 Å². The largest absolute Gasteiger partial charge is 0.478 e. The summed E-state index contributed by atoms with van der Waals surface area (Å²) in [6, 6.07) is 7.14. The van der Waals surface area contributed by atoms with Gasteiger partial charge in [0, 0.05) is 30.8 Å². The Morgan fingerprint density at radius 2 is 2.24 bits per heavy atom. The lowest BCUT2D eigenvalue weighted by molar-refractivity contribution is 0.0699. The molecule has 90 valence electrons. The Kier molecular flexibility index (Phi) is 3.15. The summed E-state index contributed by atoms with van der Waals surface area (Å²) in [5, 5.41) is 9.85. The van der Waals surface area contributed by atoms with Gasteiger partial charge in [0.25, 0.3) is 0 Å². The number of aromatic carboxylic acids is 1. The molecular weight excluding hydrogens is 218 g/mol. The molecule has 0 saturated heterocycles. The highest BCUT2D eigenvalue weighted by atomic mass is 16.5. The number of methoxy groups -OCH3 is 1. The molecule has 0 spiro atoms. The average molecular weight is 233 g/mol. The van der Waals surface area contributed by atoms with Crippen molar-refractivity contribution >= 4 is 16.9 Å². The van der Waals surface area contributed by atoms with E-state index in [1.54, 1.807) is 19.2 Å². The summed E-state index contributed by atoms with van der Waals surface area (Å²) in [5.41, 5.74) is 1.26. The first-order valence-corrected chi connectivity index (χ1v) is 5.47. The second kappa shape index (κ2) is 4.59. The Labute approximate surface area is 99.4 Å². The highest BCUT2D eigenvalue weighted by molar-refractivity contribution is 6.02. The van der Waals surface area contributed by atoms with Gasteiger partial charge in [0.2, 0.25) is 0 Å². The van der Waals surface area contributed by atoms with E-state index in [9.17, 15) is 4.79 Å². The number of hydrogen-bond acceptors (Lipinski definition) is 2. The van der Waals surface area contributed by atoms with Crippen LogP contribution in [0.3, 0.4) is 0 Å². The topological polar surface area (TPSA) is 51.5 Å². The van der Waals surface area contributed by atoms with E-state index in [0.29, 0.717) is 12.1 Å². The number of ether oxygens (including phenoxy) is 1. The predicted octanol–water partition coefficient (Wildman–Crippen LogP) is 2.37. The maximum atomic E-state index is 11.1. The van der Waals surface area contributed by atoms with E-state index in [2.05, 4.69) is 0 Å². The molecule has 4 nitrogen and oxygen atoms in total. The van der Waals surface area contributed by atoms with Crippen LogP contribution in [0, 0.1) is 0 Å². The van der Waals surface area contributed by atoms with Crippen LogP contribution < -0.4 is 0 Å². The maximum absolute atomic E-state index is 11.1. The third kappa shape index (κ3) is 2.17. The molecule has 2 rings (SSSR count). The standard InChI is InChI=1S/C13H15NO3/c1-9(17-2)8-14-7-6-10-11(13(15)16)4-3-5-12(10)14/h3-7,9H,8H2,1-2H3,(H,15,16). The number of benzene rings is 1. The molecule has 1 heterocycles. The van der Waals surface area contributed by atoms with Crippen LogP contribution >= 0.6 is 0 Å². The van der Waals surface area contributed by atoms with Gasteiger partial charge in [-0.2, -0.15) is 0 Å². The fraction of sp³-hybridized carbons (Fsp3) is 0.308. The lowest BCUT2D eigenvalue weighted by Gasteiger charge is -2.11. The predicted molar refractivity (Wildman–Crippen MR) is 65.4 cm³/mol. The number of carboxylic acid groups (broad SMARTS) is 1. The number of nitrogens with zero attached hydrogens (tertiary/aromatic N) is 1. The van der Waals surface area contributed by atoms with Gasteiger partial charge < -0.3 is 14.4 Å². The van der Waals surface area contributed by atoms with Crippen molar-refractivity contribution in [2.75, 3.05) is 7.11 Å². The van der Waals surface area contributed by atoms with E-state index in [1.807, 2.05) is 29.8 Å². The van der Waals surface area contributed by atoms with Crippen molar-refractivity contribution in [3.8, 4) is 0 Å². The summed E-state index contributed by atoms with van der Waals surface area (Å²) in [6.45, 7) is 2.69. The van der Waals surface area contributed by atoms with Gasteiger partial charge in [0.1, 0.15) is 0 Å². The highest BCUT2D eigenvalue weighted by Gasteiger charge is 2.11. The van der Waals surface area contributed by atoms with Crippen molar-refractivity contribution in [3.63, 3.8) is 0 Å². The SMILES string of the molecule is COC(C)Cn1ccc2c(C(=O)O)cccc21. The molecule has 0 bridgehead atoms. The third-order valence-electron chi connectivity index (χ3n) is 2.90. The number of carboxylic acids is 1. The Hall–Kier alpha value is -1.81. The summed E-state index contributed by atoms with van der Waals surface area (Å²) in [6.07, 6.45) is 1.99. The lowest BCUT2D eigenvalue weighted by Crippen LogP contribution is -2.13. The van der Waals surface area contributed by atoms with Crippen LogP contribution in [0.25, 0.3) is 10.9 Å². The molecule has 0 aliphatic heterocycles. The minimum atomic E-state index is -0.895. The Bertz CT molecular complexity index is 545. The van der Waals surface area contributed by atoms with Crippen LogP contribution in [0.4, 0.5) is 0 Å². The zero-order valence-corrected chi connectivity index (χ0v) is 9.88. The monoisotopic (exact) mass is 233 g/mol. The average Bonchev–Trinajstić information content (AvgIpc) is 2.72. The van der Waals surface area contributed by atoms with Gasteiger partial charge in [-0.25, -0.2) is 4.79 Å². The van der Waals surface area contributed by atoms with Crippen molar-refractivity contribution < 1.29 is 14.6 Å². The van der Waals surface area contributed by atoms with Crippen LogP contribution in [-0.4, -0.2) is 28.9 Å². The second-order valence-corrected chi connectivity index (χ2v) is 4.06. The van der Waals surface area contributed by atoms with Crippen molar-refractivity contribution in [2.45, 2.75) is 19.6 Å². The molecule has 1 aromatic carbocycles. The van der Waals surface area contributed by atoms with Gasteiger partial charge >= 0.3 is 5.97 Å². The molecule has 1 unspecified atom stereocenters. The summed E-state index contributed by atoms with van der Waals surface area (Å²) in [7, 11) is 1.67. The van der Waals surface area contributed by atoms with Crippen molar-refractivity contribution in [3.05, 3.63) is 36.0 Å². The van der Waals surface area contributed by atoms with Crippen LogP contribution in [0.1, 0.15) is 17.3 Å². The minimum Gasteiger partial charge on any atom is -0.478 e. The Balaban J connectivity index is 2.47. The Morgan fingerprint density at radius 3 is 2.88 bits per heavy atom. The zero-order valence-electron chi connectivity index (χ0n) is 9.88. The highest BCUT2D eigenvalue weighted by Crippen LogP contribution is 2.20. The van der Waals surface area contributed by atoms with Crippen molar-refractivity contribution in [2.24, 2.45) is 0 Å². The third-order valence-corrected chi connectivity index (χ3v) is 2.90. The van der Waals surface area contributed by atoms with Gasteiger partial charge in [-0.15, -0.1) is 0 Å². The van der Waals surface area contributed by atoms with Crippen molar-refractivity contribution in [1.29, 1.82) is 0 Å². The van der Waals surface area contributed by atoms with E-state index in [4.69, 9.17) is 9.84 Å². The molecule has 0 saturated carbocycles. The van der Waals surface area contributed by atoms with Gasteiger partial charge in [-0.05, 0) is 25.1 Å². The summed E-state index contributed by atoms with van der Waals surface area (Å²) in [5.74, 6) is -0.895. The minimum absolute atomic E-state index is 0.0964. The van der Waals surface area contributed by atoms with Crippen LogP contribution in [0.15, 0.2) is 30.5 Å². The first-order chi connectivity index (χ1) is 8.13. The number of rotatable bonds is 4. The van der Waals surface area contributed by atoms with E-state index in [1.165, 1.54) is 0 Å². The van der Waals surface area contributed by atoms with E-state index in [0.717, 1.165) is 10.9 Å². The fourth-order valence-corrected chi connectivity index (χ4v) is 1.92. The van der Waals surface area contributed by atoms with Gasteiger partial charge in [0.05, 0.1) is 11.7 Å². The normalized spacial score (nSPS) is 12.8. The van der Waals surface area contributed by atoms with Crippen LogP contribution in [-0.2, 0) is 11.3 Å². The van der Waals surface area contributed by atoms with Crippen molar-refractivity contribution in [1.82, 2.24) is 4.57 Å². The zero-order chi connectivity index (χ0) is 12.4. The first-order valence-electron chi connectivity index (χ1n) is 5.47. The lowest BCUT2D eigenvalue weighted by atomic mass is 10.1. The molecule has 0 aliphatic carbocycles. The maximum Gasteiger partial charge on any atom is 0.336 e. The molecule has 17 heavy (non-hydrogen) atoms. The van der Waals surface area contributed by atoms with Crippen LogP contribution in [0.2, 0.25) is 0 Å². The quantitative estimate of drug-likeness (QED) is 0.882. The molecular formula is C13H15NO3. The number of aromatic nitrogens is 1. The van der Waals surface area contributed by atoms with E-state index < -0.39 is 5.97 Å². The summed E-state index contributed by atoms with van der Waals surface area (Å²) >= 11 is 0. The molecule has 0 radical (unpaired) electrons. The molecule has 1 atom stereocenters. The first kappa shape index (κ1) is 11.7. The number of carbonyl (C=O) groups is 1.